The van der Waals surface area contributed by atoms with Crippen LogP contribution in [0.1, 0.15) is 45.1 Å². The molecule has 1 aromatic rings. The summed E-state index contributed by atoms with van der Waals surface area (Å²) in [6.07, 6.45) is 4.32. The number of nitrogens with zero attached hydrogens (tertiary/aromatic N) is 2. The molecule has 142 valence electrons. The predicted octanol–water partition coefficient (Wildman–Crippen LogP) is 3.15. The molecule has 1 aliphatic rings. The van der Waals surface area contributed by atoms with E-state index in [0.717, 1.165) is 32.6 Å². The van der Waals surface area contributed by atoms with Crippen molar-refractivity contribution in [2.24, 2.45) is 0 Å². The molecule has 1 N–H and O–H groups in total. The smallest absolute Gasteiger partial charge is 0.0689 e. The van der Waals surface area contributed by atoms with E-state index < -0.39 is 0 Å². The van der Waals surface area contributed by atoms with Gasteiger partial charge in [-0.15, -0.1) is 0 Å². The molecule has 0 spiro atoms. The number of hydrogen-bond acceptors (Lipinski definition) is 4. The molecule has 4 nitrogen and oxygen atoms in total. The Hall–Kier alpha value is -0.940. The van der Waals surface area contributed by atoms with Crippen molar-refractivity contribution in [3.8, 4) is 0 Å². The SMILES string of the molecule is CC(C)OCC[C@H](O)CN1CCC[C@@H](N(C)Cc2ccccc2)CC1. The quantitative estimate of drug-likeness (QED) is 0.744. The summed E-state index contributed by atoms with van der Waals surface area (Å²) in [5.41, 5.74) is 1.38. The molecule has 1 saturated heterocycles. The first-order chi connectivity index (χ1) is 12.0. The Bertz CT molecular complexity index is 466. The van der Waals surface area contributed by atoms with Gasteiger partial charge in [0.05, 0.1) is 12.2 Å². The van der Waals surface area contributed by atoms with E-state index in [1.54, 1.807) is 0 Å². The molecule has 0 saturated carbocycles. The van der Waals surface area contributed by atoms with Gasteiger partial charge in [-0.05, 0) is 65.2 Å². The molecular formula is C21H36N2O2. The molecule has 0 aromatic heterocycles. The third-order valence-electron chi connectivity index (χ3n) is 5.06. The van der Waals surface area contributed by atoms with Crippen molar-refractivity contribution in [1.29, 1.82) is 0 Å². The summed E-state index contributed by atoms with van der Waals surface area (Å²) in [5, 5.41) is 10.2. The van der Waals surface area contributed by atoms with Crippen LogP contribution in [0.2, 0.25) is 0 Å². The maximum atomic E-state index is 10.2. The first-order valence-corrected chi connectivity index (χ1v) is 9.80. The second kappa shape index (κ2) is 10.9. The number of β-amino-alcohol motifs (C(OH)–C–C–N with tert-alkyl or cyclic N) is 1. The van der Waals surface area contributed by atoms with Crippen molar-refractivity contribution in [2.75, 3.05) is 33.3 Å². The number of likely N-dealkylation sites (tertiary alicyclic amines) is 1. The van der Waals surface area contributed by atoms with Crippen LogP contribution >= 0.6 is 0 Å². The van der Waals surface area contributed by atoms with Gasteiger partial charge in [0.1, 0.15) is 0 Å². The van der Waals surface area contributed by atoms with Gasteiger partial charge >= 0.3 is 0 Å². The van der Waals surface area contributed by atoms with Gasteiger partial charge in [-0.1, -0.05) is 30.3 Å². The lowest BCUT2D eigenvalue weighted by Crippen LogP contribution is -2.35. The molecule has 1 aliphatic heterocycles. The average Bonchev–Trinajstić information content (AvgIpc) is 2.81. The maximum Gasteiger partial charge on any atom is 0.0689 e. The Morgan fingerprint density at radius 1 is 1.20 bits per heavy atom. The van der Waals surface area contributed by atoms with Crippen molar-refractivity contribution < 1.29 is 9.84 Å². The van der Waals surface area contributed by atoms with E-state index in [2.05, 4.69) is 47.2 Å². The van der Waals surface area contributed by atoms with E-state index in [0.29, 0.717) is 12.6 Å². The van der Waals surface area contributed by atoms with Gasteiger partial charge in [0.2, 0.25) is 0 Å². The average molecular weight is 349 g/mol. The molecule has 1 aromatic carbocycles. The van der Waals surface area contributed by atoms with E-state index in [1.807, 2.05) is 13.8 Å². The molecule has 0 amide bonds. The molecule has 0 radical (unpaired) electrons. The fraction of sp³-hybridized carbons (Fsp3) is 0.714. The number of aliphatic hydroxyl groups is 1. The van der Waals surface area contributed by atoms with Gasteiger partial charge in [0.15, 0.2) is 0 Å². The fourth-order valence-electron chi connectivity index (χ4n) is 3.59. The van der Waals surface area contributed by atoms with Crippen LogP contribution < -0.4 is 0 Å². The zero-order chi connectivity index (χ0) is 18.1. The molecule has 0 unspecified atom stereocenters. The highest BCUT2D eigenvalue weighted by molar-refractivity contribution is 5.14. The summed E-state index contributed by atoms with van der Waals surface area (Å²) >= 11 is 0. The lowest BCUT2D eigenvalue weighted by molar-refractivity contribution is 0.0347. The predicted molar refractivity (Wildman–Crippen MR) is 104 cm³/mol. The largest absolute Gasteiger partial charge is 0.392 e. The Labute approximate surface area is 153 Å². The second-order valence-corrected chi connectivity index (χ2v) is 7.65. The summed E-state index contributed by atoms with van der Waals surface area (Å²) in [4.78, 5) is 4.92. The molecule has 0 bridgehead atoms. The van der Waals surface area contributed by atoms with Crippen LogP contribution in [0.4, 0.5) is 0 Å². The highest BCUT2D eigenvalue weighted by atomic mass is 16.5. The number of hydrogen-bond donors (Lipinski definition) is 1. The van der Waals surface area contributed by atoms with Crippen LogP contribution in [-0.4, -0.2) is 66.4 Å². The van der Waals surface area contributed by atoms with Gasteiger partial charge in [0, 0.05) is 25.7 Å². The zero-order valence-corrected chi connectivity index (χ0v) is 16.2. The molecular weight excluding hydrogens is 312 g/mol. The first kappa shape index (κ1) is 20.4. The van der Waals surface area contributed by atoms with Crippen molar-refractivity contribution in [1.82, 2.24) is 9.80 Å². The third kappa shape index (κ3) is 7.87. The van der Waals surface area contributed by atoms with Gasteiger partial charge < -0.3 is 14.7 Å². The highest BCUT2D eigenvalue weighted by Gasteiger charge is 2.21. The molecule has 2 atom stereocenters. The minimum absolute atomic E-state index is 0.242. The highest BCUT2D eigenvalue weighted by Crippen LogP contribution is 2.18. The number of aliphatic hydroxyl groups excluding tert-OH is 1. The van der Waals surface area contributed by atoms with Crippen molar-refractivity contribution >= 4 is 0 Å². The Morgan fingerprint density at radius 2 is 1.96 bits per heavy atom. The summed E-state index contributed by atoms with van der Waals surface area (Å²) < 4.78 is 5.55. The Morgan fingerprint density at radius 3 is 2.68 bits per heavy atom. The van der Waals surface area contributed by atoms with Gasteiger partial charge in [-0.3, -0.25) is 4.90 Å². The topological polar surface area (TPSA) is 35.9 Å². The minimum atomic E-state index is -0.280. The molecule has 4 heteroatoms. The van der Waals surface area contributed by atoms with Crippen LogP contribution in [0, 0.1) is 0 Å². The summed E-state index contributed by atoms with van der Waals surface area (Å²) in [6.45, 7) is 8.68. The van der Waals surface area contributed by atoms with Gasteiger partial charge in [0.25, 0.3) is 0 Å². The van der Waals surface area contributed by atoms with Crippen molar-refractivity contribution in [2.45, 2.75) is 64.3 Å². The number of rotatable bonds is 9. The fourth-order valence-corrected chi connectivity index (χ4v) is 3.59. The lowest BCUT2D eigenvalue weighted by atomic mass is 10.1. The Balaban J connectivity index is 1.72. The van der Waals surface area contributed by atoms with Crippen LogP contribution in [0.3, 0.4) is 0 Å². The normalized spacial score (nSPS) is 20.8. The summed E-state index contributed by atoms with van der Waals surface area (Å²) in [7, 11) is 2.24. The van der Waals surface area contributed by atoms with E-state index >= 15 is 0 Å². The van der Waals surface area contributed by atoms with E-state index in [9.17, 15) is 5.11 Å². The maximum absolute atomic E-state index is 10.2. The lowest BCUT2D eigenvalue weighted by Gasteiger charge is -2.27. The van der Waals surface area contributed by atoms with Crippen LogP contribution in [0.25, 0.3) is 0 Å². The van der Waals surface area contributed by atoms with E-state index in [1.165, 1.54) is 24.8 Å². The summed E-state index contributed by atoms with van der Waals surface area (Å²) in [6, 6.07) is 11.3. The summed E-state index contributed by atoms with van der Waals surface area (Å²) in [5.74, 6) is 0. The van der Waals surface area contributed by atoms with E-state index in [4.69, 9.17) is 4.74 Å². The zero-order valence-electron chi connectivity index (χ0n) is 16.2. The van der Waals surface area contributed by atoms with E-state index in [-0.39, 0.29) is 12.2 Å². The van der Waals surface area contributed by atoms with Crippen LogP contribution in [-0.2, 0) is 11.3 Å². The second-order valence-electron chi connectivity index (χ2n) is 7.65. The van der Waals surface area contributed by atoms with Crippen LogP contribution in [0.5, 0.6) is 0 Å². The number of ether oxygens (including phenoxy) is 1. The van der Waals surface area contributed by atoms with Gasteiger partial charge in [-0.2, -0.15) is 0 Å². The van der Waals surface area contributed by atoms with Crippen molar-refractivity contribution in [3.05, 3.63) is 35.9 Å². The minimum Gasteiger partial charge on any atom is -0.392 e. The standard InChI is InChI=1S/C21H36N2O2/c1-18(2)25-15-12-21(24)17-23-13-7-10-20(11-14-23)22(3)16-19-8-5-4-6-9-19/h4-6,8-9,18,20-21,24H,7,10-17H2,1-3H3/t20-,21+/m1/s1. The molecule has 1 fully saturated rings. The Kier molecular flexibility index (Phi) is 8.90. The first-order valence-electron chi connectivity index (χ1n) is 9.80. The molecule has 1 heterocycles. The van der Waals surface area contributed by atoms with Crippen LogP contribution in [0.15, 0.2) is 30.3 Å². The van der Waals surface area contributed by atoms with Crippen molar-refractivity contribution in [3.63, 3.8) is 0 Å². The van der Waals surface area contributed by atoms with Gasteiger partial charge in [-0.25, -0.2) is 0 Å². The molecule has 25 heavy (non-hydrogen) atoms. The monoisotopic (exact) mass is 348 g/mol. The molecule has 2 rings (SSSR count). The number of benzene rings is 1. The molecule has 0 aliphatic carbocycles. The third-order valence-corrected chi connectivity index (χ3v) is 5.06.